The Hall–Kier alpha value is -4.92. The topological polar surface area (TPSA) is 98.9 Å². The number of carbonyl (C=O) groups is 3. The Kier molecular flexibility index (Phi) is 8.73. The number of rotatable bonds is 9. The normalized spacial score (nSPS) is 10.5. The number of aryl methyl sites for hydroxylation is 3. The van der Waals surface area contributed by atoms with E-state index in [2.05, 4.69) is 16.0 Å². The molecular weight excluding hydrogens is 492 g/mol. The molecule has 3 aromatic heterocycles. The van der Waals surface area contributed by atoms with Gasteiger partial charge in [-0.2, -0.15) is 0 Å². The standard InChI is InChI=1S/C30H30N6O3/c1-34-10-4-22(5-11-34)19-31-28(37)25-16-26(29(38)32-20-23-6-12-35(2)13-7-23)18-27(17-25)30(39)33-21-24-8-14-36(3)15-9-24/h4-18H,19-21H2,1-3H3/p+3. The van der Waals surface area contributed by atoms with E-state index in [1.54, 1.807) is 0 Å². The van der Waals surface area contributed by atoms with E-state index in [4.69, 9.17) is 0 Å². The number of hydrogen-bond acceptors (Lipinski definition) is 3. The number of nitrogens with zero attached hydrogens (tertiary/aromatic N) is 3. The summed E-state index contributed by atoms with van der Waals surface area (Å²) in [5.74, 6) is -1.13. The molecule has 0 spiro atoms. The third-order valence-electron chi connectivity index (χ3n) is 6.22. The van der Waals surface area contributed by atoms with Gasteiger partial charge in [-0.25, -0.2) is 13.7 Å². The minimum Gasteiger partial charge on any atom is -0.348 e. The average molecular weight is 526 g/mol. The van der Waals surface area contributed by atoms with Crippen molar-refractivity contribution in [3.63, 3.8) is 0 Å². The quantitative estimate of drug-likeness (QED) is 0.284. The number of hydrogen-bond donors (Lipinski definition) is 3. The molecule has 0 aliphatic heterocycles. The fraction of sp³-hybridized carbons (Fsp3) is 0.200. The van der Waals surface area contributed by atoms with Gasteiger partial charge in [0.05, 0.1) is 0 Å². The molecule has 3 N–H and O–H groups in total. The van der Waals surface area contributed by atoms with E-state index in [0.717, 1.165) is 16.7 Å². The predicted molar refractivity (Wildman–Crippen MR) is 143 cm³/mol. The average Bonchev–Trinajstić information content (AvgIpc) is 2.95. The lowest BCUT2D eigenvalue weighted by Gasteiger charge is -2.12. The van der Waals surface area contributed by atoms with Crippen molar-refractivity contribution in [3.8, 4) is 0 Å². The molecule has 9 nitrogen and oxygen atoms in total. The number of nitrogens with one attached hydrogen (secondary N) is 3. The molecule has 0 radical (unpaired) electrons. The van der Waals surface area contributed by atoms with E-state index < -0.39 is 0 Å². The molecule has 0 aliphatic carbocycles. The van der Waals surface area contributed by atoms with Gasteiger partial charge >= 0.3 is 0 Å². The zero-order chi connectivity index (χ0) is 27.8. The van der Waals surface area contributed by atoms with Gasteiger partial charge in [-0.05, 0) is 34.9 Å². The summed E-state index contributed by atoms with van der Waals surface area (Å²) >= 11 is 0. The molecule has 3 heterocycles. The van der Waals surface area contributed by atoms with Crippen LogP contribution >= 0.6 is 0 Å². The molecule has 198 valence electrons. The first-order valence-corrected chi connectivity index (χ1v) is 12.6. The SMILES string of the molecule is C[n+]1ccc(CNC(=O)c2cc(C(=O)NCc3cc[n+](C)cc3)cc(C(=O)NCc3cc[n+](C)cc3)c2)cc1. The summed E-state index contributed by atoms with van der Waals surface area (Å²) in [6.07, 6.45) is 11.4. The van der Waals surface area contributed by atoms with E-state index in [9.17, 15) is 14.4 Å². The lowest BCUT2D eigenvalue weighted by molar-refractivity contribution is -0.671. The van der Waals surface area contributed by atoms with Crippen LogP contribution in [0.3, 0.4) is 0 Å². The van der Waals surface area contributed by atoms with E-state index in [1.165, 1.54) is 18.2 Å². The largest absolute Gasteiger partial charge is 0.348 e. The van der Waals surface area contributed by atoms with Gasteiger partial charge in [-0.15, -0.1) is 0 Å². The molecule has 0 unspecified atom stereocenters. The van der Waals surface area contributed by atoms with Gasteiger partial charge in [0.25, 0.3) is 17.7 Å². The fourth-order valence-corrected chi connectivity index (χ4v) is 3.82. The van der Waals surface area contributed by atoms with Crippen LogP contribution in [0.5, 0.6) is 0 Å². The zero-order valence-electron chi connectivity index (χ0n) is 22.3. The van der Waals surface area contributed by atoms with E-state index in [-0.39, 0.29) is 34.4 Å². The molecule has 39 heavy (non-hydrogen) atoms. The van der Waals surface area contributed by atoms with E-state index in [1.807, 2.05) is 108 Å². The summed E-state index contributed by atoms with van der Waals surface area (Å²) in [6.45, 7) is 0.942. The van der Waals surface area contributed by atoms with E-state index in [0.29, 0.717) is 19.6 Å². The summed E-state index contributed by atoms with van der Waals surface area (Å²) < 4.78 is 5.72. The second-order valence-electron chi connectivity index (χ2n) is 9.46. The van der Waals surface area contributed by atoms with Gasteiger partial charge < -0.3 is 16.0 Å². The lowest BCUT2D eigenvalue weighted by Crippen LogP contribution is -2.30. The molecule has 4 aromatic rings. The van der Waals surface area contributed by atoms with Crippen molar-refractivity contribution in [1.29, 1.82) is 0 Å². The highest BCUT2D eigenvalue weighted by Gasteiger charge is 2.17. The van der Waals surface area contributed by atoms with Crippen molar-refractivity contribution in [3.05, 3.63) is 125 Å². The highest BCUT2D eigenvalue weighted by atomic mass is 16.2. The highest BCUT2D eigenvalue weighted by molar-refractivity contribution is 6.04. The van der Waals surface area contributed by atoms with Crippen molar-refractivity contribution in [2.75, 3.05) is 0 Å². The molecule has 0 bridgehead atoms. The number of aromatic nitrogens is 3. The zero-order valence-corrected chi connectivity index (χ0v) is 22.3. The minimum absolute atomic E-state index is 0.229. The summed E-state index contributed by atoms with van der Waals surface area (Å²) in [5, 5.41) is 8.63. The minimum atomic E-state index is -0.377. The monoisotopic (exact) mass is 525 g/mol. The third-order valence-corrected chi connectivity index (χ3v) is 6.22. The predicted octanol–water partition coefficient (Wildman–Crippen LogP) is 0.950. The summed E-state index contributed by atoms with van der Waals surface area (Å²) in [4.78, 5) is 39.2. The third kappa shape index (κ3) is 7.78. The molecule has 0 saturated heterocycles. The first-order chi connectivity index (χ1) is 18.8. The molecule has 1 aromatic carbocycles. The van der Waals surface area contributed by atoms with Crippen LogP contribution in [0.25, 0.3) is 0 Å². The maximum absolute atomic E-state index is 13.1. The van der Waals surface area contributed by atoms with Crippen LogP contribution < -0.4 is 29.7 Å². The molecule has 4 rings (SSSR count). The Morgan fingerprint density at radius 3 is 0.949 bits per heavy atom. The maximum Gasteiger partial charge on any atom is 0.251 e. The Balaban J connectivity index is 1.52. The summed E-state index contributed by atoms with van der Waals surface area (Å²) in [7, 11) is 5.75. The molecular formula is C30H33N6O3+3. The van der Waals surface area contributed by atoms with Gasteiger partial charge in [-0.1, -0.05) is 0 Å². The van der Waals surface area contributed by atoms with Crippen molar-refractivity contribution in [2.24, 2.45) is 21.1 Å². The van der Waals surface area contributed by atoms with Crippen LogP contribution in [0.15, 0.2) is 91.8 Å². The van der Waals surface area contributed by atoms with Gasteiger partial charge in [0.1, 0.15) is 21.1 Å². The van der Waals surface area contributed by atoms with Crippen molar-refractivity contribution in [2.45, 2.75) is 19.6 Å². The summed E-state index contributed by atoms with van der Waals surface area (Å²) in [6, 6.07) is 16.0. The Bertz CT molecular complexity index is 1270. The van der Waals surface area contributed by atoms with Crippen LogP contribution in [0.1, 0.15) is 47.8 Å². The fourth-order valence-electron chi connectivity index (χ4n) is 3.82. The molecule has 9 heteroatoms. The van der Waals surface area contributed by atoms with Gasteiger partial charge in [-0.3, -0.25) is 14.4 Å². The molecule has 3 amide bonds. The number of pyridine rings is 3. The van der Waals surface area contributed by atoms with Crippen LogP contribution in [0, 0.1) is 0 Å². The van der Waals surface area contributed by atoms with E-state index >= 15 is 0 Å². The van der Waals surface area contributed by atoms with Gasteiger partial charge in [0.15, 0.2) is 37.2 Å². The number of benzene rings is 1. The Morgan fingerprint density at radius 1 is 0.487 bits per heavy atom. The molecule has 0 fully saturated rings. The van der Waals surface area contributed by atoms with Gasteiger partial charge in [0.2, 0.25) is 0 Å². The van der Waals surface area contributed by atoms with Crippen LogP contribution in [-0.2, 0) is 40.8 Å². The van der Waals surface area contributed by atoms with Crippen LogP contribution in [0.2, 0.25) is 0 Å². The lowest BCUT2D eigenvalue weighted by atomic mass is 10.0. The number of amides is 3. The highest BCUT2D eigenvalue weighted by Crippen LogP contribution is 2.13. The van der Waals surface area contributed by atoms with Crippen LogP contribution in [0.4, 0.5) is 0 Å². The first-order valence-electron chi connectivity index (χ1n) is 12.6. The molecule has 0 aliphatic rings. The second kappa shape index (κ2) is 12.6. The first kappa shape index (κ1) is 27.1. The van der Waals surface area contributed by atoms with Crippen molar-refractivity contribution < 1.29 is 28.1 Å². The number of carbonyl (C=O) groups excluding carboxylic acids is 3. The Morgan fingerprint density at radius 2 is 0.718 bits per heavy atom. The van der Waals surface area contributed by atoms with Gasteiger partial charge in [0, 0.05) is 72.7 Å². The van der Waals surface area contributed by atoms with Crippen LogP contribution in [-0.4, -0.2) is 17.7 Å². The smallest absolute Gasteiger partial charge is 0.251 e. The van der Waals surface area contributed by atoms with Crippen molar-refractivity contribution in [1.82, 2.24) is 16.0 Å². The van der Waals surface area contributed by atoms with Crippen molar-refractivity contribution >= 4 is 17.7 Å². The maximum atomic E-state index is 13.1. The molecule has 0 atom stereocenters. The second-order valence-corrected chi connectivity index (χ2v) is 9.46. The molecule has 0 saturated carbocycles. The Labute approximate surface area is 227 Å². The summed E-state index contributed by atoms with van der Waals surface area (Å²) in [5.41, 5.74) is 3.48.